The van der Waals surface area contributed by atoms with Crippen molar-refractivity contribution in [3.8, 4) is 0 Å². The van der Waals surface area contributed by atoms with E-state index in [1.807, 2.05) is 0 Å². The maximum absolute atomic E-state index is 5.28. The molecule has 2 unspecified atom stereocenters. The topological polar surface area (TPSA) is 33.7 Å². The van der Waals surface area contributed by atoms with Crippen molar-refractivity contribution in [1.82, 2.24) is 10.2 Å². The standard InChI is InChI=1S/C16H36N2O2/c1-6-10-15(17-8-3)16(7-2)18(12-14-20-5)11-9-13-19-4/h15-17H,6-14H2,1-5H3. The number of hydrogen-bond acceptors (Lipinski definition) is 4. The summed E-state index contributed by atoms with van der Waals surface area (Å²) in [5, 5.41) is 3.67. The van der Waals surface area contributed by atoms with Crippen molar-refractivity contribution in [2.75, 3.05) is 47.1 Å². The first-order valence-electron chi connectivity index (χ1n) is 8.20. The van der Waals surface area contributed by atoms with Crippen LogP contribution in [-0.2, 0) is 9.47 Å². The molecule has 0 spiro atoms. The number of rotatable bonds is 14. The average Bonchev–Trinajstić information content (AvgIpc) is 2.45. The van der Waals surface area contributed by atoms with Crippen LogP contribution in [0.4, 0.5) is 0 Å². The number of methoxy groups -OCH3 is 2. The minimum atomic E-state index is 0.578. The molecule has 0 saturated heterocycles. The van der Waals surface area contributed by atoms with E-state index in [1.54, 1.807) is 14.2 Å². The van der Waals surface area contributed by atoms with Gasteiger partial charge in [-0.15, -0.1) is 0 Å². The Hall–Kier alpha value is -0.160. The van der Waals surface area contributed by atoms with Crippen molar-refractivity contribution in [1.29, 1.82) is 0 Å². The number of hydrogen-bond donors (Lipinski definition) is 1. The molecule has 0 amide bonds. The van der Waals surface area contributed by atoms with Crippen molar-refractivity contribution in [3.05, 3.63) is 0 Å². The zero-order valence-corrected chi connectivity index (χ0v) is 14.3. The molecular weight excluding hydrogens is 252 g/mol. The maximum atomic E-state index is 5.28. The summed E-state index contributed by atoms with van der Waals surface area (Å²) in [7, 11) is 3.55. The number of nitrogens with zero attached hydrogens (tertiary/aromatic N) is 1. The molecule has 4 nitrogen and oxygen atoms in total. The summed E-state index contributed by atoms with van der Waals surface area (Å²) < 4.78 is 10.5. The smallest absolute Gasteiger partial charge is 0.0589 e. The Morgan fingerprint density at radius 3 is 2.20 bits per heavy atom. The van der Waals surface area contributed by atoms with Crippen LogP contribution in [0.2, 0.25) is 0 Å². The normalized spacial score (nSPS) is 14.7. The van der Waals surface area contributed by atoms with Crippen LogP contribution in [0.1, 0.15) is 46.5 Å². The molecular formula is C16H36N2O2. The second-order valence-corrected chi connectivity index (χ2v) is 5.30. The van der Waals surface area contributed by atoms with Gasteiger partial charge in [0.1, 0.15) is 0 Å². The van der Waals surface area contributed by atoms with Gasteiger partial charge in [0.25, 0.3) is 0 Å². The van der Waals surface area contributed by atoms with Crippen molar-refractivity contribution in [3.63, 3.8) is 0 Å². The summed E-state index contributed by atoms with van der Waals surface area (Å²) in [6, 6.07) is 1.16. The fourth-order valence-corrected chi connectivity index (χ4v) is 2.86. The van der Waals surface area contributed by atoms with Gasteiger partial charge in [-0.3, -0.25) is 4.90 Å². The monoisotopic (exact) mass is 288 g/mol. The van der Waals surface area contributed by atoms with Gasteiger partial charge >= 0.3 is 0 Å². The van der Waals surface area contributed by atoms with Gasteiger partial charge in [0.2, 0.25) is 0 Å². The van der Waals surface area contributed by atoms with Crippen LogP contribution in [0.25, 0.3) is 0 Å². The lowest BCUT2D eigenvalue weighted by Gasteiger charge is -2.37. The maximum Gasteiger partial charge on any atom is 0.0589 e. The van der Waals surface area contributed by atoms with Gasteiger partial charge in [0.05, 0.1) is 6.61 Å². The molecule has 1 N–H and O–H groups in total. The fourth-order valence-electron chi connectivity index (χ4n) is 2.86. The molecule has 4 heteroatoms. The van der Waals surface area contributed by atoms with E-state index < -0.39 is 0 Å². The third-order valence-corrected chi connectivity index (χ3v) is 3.79. The number of likely N-dealkylation sites (N-methyl/N-ethyl adjacent to an activating group) is 1. The Balaban J connectivity index is 4.63. The van der Waals surface area contributed by atoms with Crippen molar-refractivity contribution in [2.45, 2.75) is 58.5 Å². The van der Waals surface area contributed by atoms with Crippen molar-refractivity contribution < 1.29 is 9.47 Å². The highest BCUT2D eigenvalue weighted by Gasteiger charge is 2.24. The van der Waals surface area contributed by atoms with Gasteiger partial charge in [-0.1, -0.05) is 27.2 Å². The van der Waals surface area contributed by atoms with E-state index in [1.165, 1.54) is 19.3 Å². The summed E-state index contributed by atoms with van der Waals surface area (Å²) in [5.74, 6) is 0. The molecule has 0 fully saturated rings. The predicted octanol–water partition coefficient (Wildman–Crippen LogP) is 2.53. The molecule has 122 valence electrons. The summed E-state index contributed by atoms with van der Waals surface area (Å²) in [6.07, 6.45) is 4.72. The molecule has 20 heavy (non-hydrogen) atoms. The first-order chi connectivity index (χ1) is 9.74. The van der Waals surface area contributed by atoms with Crippen LogP contribution in [0.5, 0.6) is 0 Å². The van der Waals surface area contributed by atoms with Gasteiger partial charge < -0.3 is 14.8 Å². The Bertz CT molecular complexity index is 197. The highest BCUT2D eigenvalue weighted by molar-refractivity contribution is 4.83. The fraction of sp³-hybridized carbons (Fsp3) is 1.00. The molecule has 0 aliphatic heterocycles. The molecule has 0 radical (unpaired) electrons. The third-order valence-electron chi connectivity index (χ3n) is 3.79. The van der Waals surface area contributed by atoms with Gasteiger partial charge in [-0.25, -0.2) is 0 Å². The van der Waals surface area contributed by atoms with Gasteiger partial charge in [-0.05, 0) is 25.8 Å². The molecule has 0 bridgehead atoms. The molecule has 0 rings (SSSR count). The molecule has 0 heterocycles. The van der Waals surface area contributed by atoms with Crippen LogP contribution < -0.4 is 5.32 Å². The molecule has 2 atom stereocenters. The van der Waals surface area contributed by atoms with E-state index >= 15 is 0 Å². The van der Waals surface area contributed by atoms with Crippen LogP contribution in [0.3, 0.4) is 0 Å². The zero-order chi connectivity index (χ0) is 15.2. The number of nitrogens with one attached hydrogen (secondary N) is 1. The Morgan fingerprint density at radius 2 is 1.70 bits per heavy atom. The summed E-state index contributed by atoms with van der Waals surface area (Å²) in [5.41, 5.74) is 0. The Labute approximate surface area is 126 Å². The Kier molecular flexibility index (Phi) is 13.7. The second kappa shape index (κ2) is 13.8. The minimum absolute atomic E-state index is 0.578. The quantitative estimate of drug-likeness (QED) is 0.498. The lowest BCUT2D eigenvalue weighted by molar-refractivity contribution is 0.0867. The SMILES string of the molecule is CCCC(NCC)C(CC)N(CCCOC)CCOC. The summed E-state index contributed by atoms with van der Waals surface area (Å²) in [6.45, 7) is 11.5. The van der Waals surface area contributed by atoms with E-state index in [4.69, 9.17) is 9.47 Å². The third kappa shape index (κ3) is 8.20. The molecule has 0 saturated carbocycles. The molecule has 0 aromatic heterocycles. The average molecular weight is 288 g/mol. The lowest BCUT2D eigenvalue weighted by atomic mass is 9.98. The summed E-state index contributed by atoms with van der Waals surface area (Å²) >= 11 is 0. The minimum Gasteiger partial charge on any atom is -0.385 e. The van der Waals surface area contributed by atoms with Crippen molar-refractivity contribution >= 4 is 0 Å². The van der Waals surface area contributed by atoms with E-state index in [2.05, 4.69) is 31.0 Å². The lowest BCUT2D eigenvalue weighted by Crippen LogP contribution is -2.51. The van der Waals surface area contributed by atoms with Gasteiger partial charge in [0, 0.05) is 46.0 Å². The highest BCUT2D eigenvalue weighted by atomic mass is 16.5. The highest BCUT2D eigenvalue weighted by Crippen LogP contribution is 2.14. The van der Waals surface area contributed by atoms with Crippen LogP contribution in [0.15, 0.2) is 0 Å². The van der Waals surface area contributed by atoms with E-state index in [0.717, 1.165) is 39.3 Å². The van der Waals surface area contributed by atoms with Crippen molar-refractivity contribution in [2.24, 2.45) is 0 Å². The summed E-state index contributed by atoms with van der Waals surface area (Å²) in [4.78, 5) is 2.57. The largest absolute Gasteiger partial charge is 0.385 e. The predicted molar refractivity (Wildman–Crippen MR) is 86.4 cm³/mol. The Morgan fingerprint density at radius 1 is 1.00 bits per heavy atom. The van der Waals surface area contributed by atoms with Crippen LogP contribution in [-0.4, -0.2) is 64.1 Å². The van der Waals surface area contributed by atoms with Gasteiger partial charge in [-0.2, -0.15) is 0 Å². The number of ether oxygens (including phenoxy) is 2. The molecule has 0 aliphatic rings. The first kappa shape index (κ1) is 19.8. The van der Waals surface area contributed by atoms with Crippen LogP contribution >= 0.6 is 0 Å². The van der Waals surface area contributed by atoms with E-state index in [-0.39, 0.29) is 0 Å². The molecule has 0 aromatic carbocycles. The second-order valence-electron chi connectivity index (χ2n) is 5.30. The zero-order valence-electron chi connectivity index (χ0n) is 14.3. The van der Waals surface area contributed by atoms with E-state index in [9.17, 15) is 0 Å². The first-order valence-corrected chi connectivity index (χ1v) is 8.20. The molecule has 0 aromatic rings. The van der Waals surface area contributed by atoms with Gasteiger partial charge in [0.15, 0.2) is 0 Å². The van der Waals surface area contributed by atoms with E-state index in [0.29, 0.717) is 12.1 Å². The molecule has 0 aliphatic carbocycles. The van der Waals surface area contributed by atoms with Crippen LogP contribution in [0, 0.1) is 0 Å².